The van der Waals surface area contributed by atoms with Crippen LogP contribution in [0.25, 0.3) is 10.9 Å². The summed E-state index contributed by atoms with van der Waals surface area (Å²) in [5.74, 6) is 0.501. The number of H-pyrrole nitrogens is 1. The lowest BCUT2D eigenvalue weighted by molar-refractivity contribution is 0.0669. The van der Waals surface area contributed by atoms with Gasteiger partial charge in [-0.05, 0) is 31.2 Å². The molecule has 6 nitrogen and oxygen atoms in total. The van der Waals surface area contributed by atoms with Crippen molar-refractivity contribution in [3.8, 4) is 0 Å². The lowest BCUT2D eigenvalue weighted by Gasteiger charge is -2.14. The first-order valence-corrected chi connectivity index (χ1v) is 8.56. The number of methoxy groups -OCH3 is 1. The quantitative estimate of drug-likeness (QED) is 0.779. The summed E-state index contributed by atoms with van der Waals surface area (Å²) in [6, 6.07) is 8.02. The van der Waals surface area contributed by atoms with Gasteiger partial charge in [0.1, 0.15) is 17.3 Å². The highest BCUT2D eigenvalue weighted by Gasteiger charge is 2.36. The summed E-state index contributed by atoms with van der Waals surface area (Å²) >= 11 is 0. The maximum absolute atomic E-state index is 13.4. The van der Waals surface area contributed by atoms with Crippen LogP contribution in [0.15, 0.2) is 34.9 Å². The van der Waals surface area contributed by atoms with Gasteiger partial charge in [-0.1, -0.05) is 5.16 Å². The molecule has 0 spiro atoms. The molecule has 0 unspecified atom stereocenters. The Kier molecular flexibility index (Phi) is 4.24. The largest absolute Gasteiger partial charge is 0.379 e. The first-order chi connectivity index (χ1) is 12.5. The number of ether oxygens (including phenoxy) is 1. The number of nitrogens with one attached hydrogen (secondary N) is 1. The minimum Gasteiger partial charge on any atom is -0.379 e. The highest BCUT2D eigenvalue weighted by Crippen LogP contribution is 2.26. The number of aromatic nitrogens is 2. The highest BCUT2D eigenvalue weighted by atomic mass is 19.1. The molecule has 1 aromatic carbocycles. The van der Waals surface area contributed by atoms with Crippen LogP contribution in [0.4, 0.5) is 4.39 Å². The number of hydrogen-bond donors (Lipinski definition) is 1. The average molecular weight is 357 g/mol. The molecule has 136 valence electrons. The number of fused-ring (bicyclic) bond motifs is 1. The summed E-state index contributed by atoms with van der Waals surface area (Å²) in [5.41, 5.74) is 2.03. The fourth-order valence-corrected chi connectivity index (χ4v) is 3.63. The fourth-order valence-electron chi connectivity index (χ4n) is 3.63. The van der Waals surface area contributed by atoms with E-state index in [9.17, 15) is 9.18 Å². The molecule has 2 atom stereocenters. The molecular weight excluding hydrogens is 337 g/mol. The van der Waals surface area contributed by atoms with Crippen molar-refractivity contribution in [3.05, 3.63) is 53.3 Å². The molecule has 1 fully saturated rings. The molecule has 1 aliphatic rings. The van der Waals surface area contributed by atoms with Crippen molar-refractivity contribution in [1.82, 2.24) is 15.0 Å². The number of hydrogen-bond acceptors (Lipinski definition) is 4. The Labute approximate surface area is 149 Å². The second-order valence-electron chi connectivity index (χ2n) is 6.80. The van der Waals surface area contributed by atoms with Gasteiger partial charge in [-0.25, -0.2) is 4.39 Å². The monoisotopic (exact) mass is 357 g/mol. The Morgan fingerprint density at radius 3 is 2.96 bits per heavy atom. The van der Waals surface area contributed by atoms with E-state index >= 15 is 0 Å². The normalized spacial score (nSPS) is 20.2. The molecule has 0 radical (unpaired) electrons. The van der Waals surface area contributed by atoms with Crippen LogP contribution >= 0.6 is 0 Å². The standard InChI is InChI=1S/C19H20FN3O3/c1-11-5-15(26-22-11)7-13-9-23(10-18(13)25-2)19(24)17-8-12-6-14(20)3-4-16(12)21-17/h3-6,8,13,18,21H,7,9-10H2,1-2H3/t13-,18+/m1/s1. The average Bonchev–Trinajstić information content (AvgIpc) is 3.32. The van der Waals surface area contributed by atoms with Gasteiger partial charge in [-0.2, -0.15) is 0 Å². The predicted octanol–water partition coefficient (Wildman–Crippen LogP) is 2.93. The van der Waals surface area contributed by atoms with Crippen molar-refractivity contribution in [3.63, 3.8) is 0 Å². The fraction of sp³-hybridized carbons (Fsp3) is 0.368. The van der Waals surface area contributed by atoms with Crippen molar-refractivity contribution in [2.45, 2.75) is 19.4 Å². The van der Waals surface area contributed by atoms with Gasteiger partial charge in [-0.15, -0.1) is 0 Å². The maximum atomic E-state index is 13.4. The van der Waals surface area contributed by atoms with Crippen LogP contribution in [-0.2, 0) is 11.2 Å². The first-order valence-electron chi connectivity index (χ1n) is 8.56. The van der Waals surface area contributed by atoms with E-state index in [-0.39, 0.29) is 23.7 Å². The smallest absolute Gasteiger partial charge is 0.270 e. The summed E-state index contributed by atoms with van der Waals surface area (Å²) in [6.45, 7) is 2.96. The Bertz CT molecular complexity index is 949. The van der Waals surface area contributed by atoms with Crippen LogP contribution in [0.2, 0.25) is 0 Å². The van der Waals surface area contributed by atoms with Crippen LogP contribution in [0, 0.1) is 18.7 Å². The van der Waals surface area contributed by atoms with Crippen LogP contribution in [0.1, 0.15) is 21.9 Å². The number of rotatable bonds is 4. The summed E-state index contributed by atoms with van der Waals surface area (Å²) in [4.78, 5) is 17.7. The Morgan fingerprint density at radius 2 is 2.23 bits per heavy atom. The zero-order valence-corrected chi connectivity index (χ0v) is 14.7. The van der Waals surface area contributed by atoms with Crippen molar-refractivity contribution in [2.75, 3.05) is 20.2 Å². The third-order valence-corrected chi connectivity index (χ3v) is 4.92. The molecule has 3 heterocycles. The zero-order chi connectivity index (χ0) is 18.3. The van der Waals surface area contributed by atoms with Crippen LogP contribution < -0.4 is 0 Å². The third-order valence-electron chi connectivity index (χ3n) is 4.92. The number of benzene rings is 1. The molecule has 0 saturated carbocycles. The summed E-state index contributed by atoms with van der Waals surface area (Å²) in [7, 11) is 1.66. The Hall–Kier alpha value is -2.67. The molecule has 0 bridgehead atoms. The van der Waals surface area contributed by atoms with Gasteiger partial charge in [0.2, 0.25) is 0 Å². The Balaban J connectivity index is 1.52. The van der Waals surface area contributed by atoms with Gasteiger partial charge in [0.05, 0.1) is 11.8 Å². The molecule has 1 amide bonds. The molecule has 26 heavy (non-hydrogen) atoms. The molecule has 1 N–H and O–H groups in total. The molecular formula is C19H20FN3O3. The number of likely N-dealkylation sites (tertiary alicyclic amines) is 1. The van der Waals surface area contributed by atoms with E-state index in [1.165, 1.54) is 12.1 Å². The third kappa shape index (κ3) is 3.10. The molecule has 7 heteroatoms. The second-order valence-corrected chi connectivity index (χ2v) is 6.80. The highest BCUT2D eigenvalue weighted by molar-refractivity contribution is 5.98. The number of aromatic amines is 1. The van der Waals surface area contributed by atoms with Gasteiger partial charge in [0, 0.05) is 49.5 Å². The van der Waals surface area contributed by atoms with E-state index < -0.39 is 0 Å². The maximum Gasteiger partial charge on any atom is 0.270 e. The van der Waals surface area contributed by atoms with E-state index in [1.54, 1.807) is 24.1 Å². The number of nitrogens with zero attached hydrogens (tertiary/aromatic N) is 2. The van der Waals surface area contributed by atoms with E-state index in [2.05, 4.69) is 10.1 Å². The van der Waals surface area contributed by atoms with Crippen molar-refractivity contribution in [2.24, 2.45) is 5.92 Å². The van der Waals surface area contributed by atoms with E-state index in [4.69, 9.17) is 9.26 Å². The molecule has 0 aliphatic carbocycles. The first kappa shape index (κ1) is 16.8. The number of carbonyl (C=O) groups is 1. The molecule has 1 saturated heterocycles. The summed E-state index contributed by atoms with van der Waals surface area (Å²) in [6.07, 6.45) is 0.604. The number of amides is 1. The molecule has 4 rings (SSSR count). The SMILES string of the molecule is CO[C@H]1CN(C(=O)c2cc3cc(F)ccc3[nH]2)C[C@H]1Cc1cc(C)no1. The summed E-state index contributed by atoms with van der Waals surface area (Å²) < 4.78 is 24.2. The van der Waals surface area contributed by atoms with Crippen molar-refractivity contribution < 1.29 is 18.4 Å². The van der Waals surface area contributed by atoms with E-state index in [0.29, 0.717) is 30.6 Å². The minimum atomic E-state index is -0.321. The lowest BCUT2D eigenvalue weighted by atomic mass is 10.0. The number of carbonyl (C=O) groups excluding carboxylic acids is 1. The van der Waals surface area contributed by atoms with Crippen LogP contribution in [0.3, 0.4) is 0 Å². The van der Waals surface area contributed by atoms with Crippen LogP contribution in [0.5, 0.6) is 0 Å². The van der Waals surface area contributed by atoms with Gasteiger partial charge in [-0.3, -0.25) is 4.79 Å². The van der Waals surface area contributed by atoms with Crippen molar-refractivity contribution >= 4 is 16.8 Å². The second kappa shape index (κ2) is 6.57. The molecule has 1 aliphatic heterocycles. The number of halogens is 1. The number of aryl methyl sites for hydroxylation is 1. The van der Waals surface area contributed by atoms with E-state index in [0.717, 1.165) is 17.0 Å². The van der Waals surface area contributed by atoms with Crippen LogP contribution in [-0.4, -0.2) is 47.3 Å². The van der Waals surface area contributed by atoms with Crippen molar-refractivity contribution in [1.29, 1.82) is 0 Å². The van der Waals surface area contributed by atoms with Gasteiger partial charge in [0.25, 0.3) is 5.91 Å². The lowest BCUT2D eigenvalue weighted by Crippen LogP contribution is -2.30. The summed E-state index contributed by atoms with van der Waals surface area (Å²) in [5, 5.41) is 4.60. The topological polar surface area (TPSA) is 71.4 Å². The predicted molar refractivity (Wildman–Crippen MR) is 93.4 cm³/mol. The zero-order valence-electron chi connectivity index (χ0n) is 14.7. The van der Waals surface area contributed by atoms with Gasteiger partial charge < -0.3 is 19.1 Å². The van der Waals surface area contributed by atoms with Gasteiger partial charge >= 0.3 is 0 Å². The molecule has 3 aromatic rings. The Morgan fingerprint density at radius 1 is 1.38 bits per heavy atom. The van der Waals surface area contributed by atoms with E-state index in [1.807, 2.05) is 13.0 Å². The van der Waals surface area contributed by atoms with Gasteiger partial charge in [0.15, 0.2) is 0 Å². The molecule has 2 aromatic heterocycles. The minimum absolute atomic E-state index is 0.0637.